The molecule has 1 aliphatic heterocycles. The van der Waals surface area contributed by atoms with Crippen molar-refractivity contribution < 1.29 is 14.6 Å². The van der Waals surface area contributed by atoms with Crippen LogP contribution in [0, 0.1) is 11.3 Å². The predicted octanol–water partition coefficient (Wildman–Crippen LogP) is 0.592. The Balaban J connectivity index is 1.84. The Morgan fingerprint density at radius 1 is 1.42 bits per heavy atom. The van der Waals surface area contributed by atoms with Crippen molar-refractivity contribution in [2.75, 3.05) is 24.5 Å². The summed E-state index contributed by atoms with van der Waals surface area (Å²) < 4.78 is 5.90. The smallest absolute Gasteiger partial charge is 0.248 e. The highest BCUT2D eigenvalue weighted by Gasteiger charge is 2.27. The Morgan fingerprint density at radius 2 is 2.15 bits per heavy atom. The molecule has 0 bridgehead atoms. The third-order valence-electron chi connectivity index (χ3n) is 4.27. The largest absolute Gasteiger partial charge is 0.384 e. The van der Waals surface area contributed by atoms with Crippen LogP contribution in [0.5, 0.6) is 0 Å². The van der Waals surface area contributed by atoms with E-state index in [1.54, 1.807) is 18.5 Å². The number of anilines is 1. The first-order valence-electron chi connectivity index (χ1n) is 8.49. The second kappa shape index (κ2) is 7.64. The van der Waals surface area contributed by atoms with Crippen molar-refractivity contribution >= 4 is 22.6 Å². The molecule has 1 aromatic carbocycles. The van der Waals surface area contributed by atoms with E-state index in [9.17, 15) is 15.2 Å². The number of aromatic nitrogens is 2. The monoisotopic (exact) mass is 355 g/mol. The van der Waals surface area contributed by atoms with Crippen LogP contribution in [-0.2, 0) is 9.53 Å². The fraction of sp³-hybridized carbons (Fsp3) is 0.444. The Kier molecular flexibility index (Phi) is 5.30. The number of hydrogen-bond donors (Lipinski definition) is 2. The highest BCUT2D eigenvalue weighted by atomic mass is 16.5. The average Bonchev–Trinajstić information content (AvgIpc) is 2.64. The molecule has 2 aromatic rings. The molecule has 0 radical (unpaired) electrons. The minimum absolute atomic E-state index is 0.0421. The van der Waals surface area contributed by atoms with E-state index in [4.69, 9.17) is 4.74 Å². The molecule has 8 nitrogen and oxygen atoms in total. The van der Waals surface area contributed by atoms with Crippen LogP contribution >= 0.6 is 0 Å². The molecular formula is C18H21N5O3. The molecule has 2 heterocycles. The van der Waals surface area contributed by atoms with Crippen molar-refractivity contribution in [3.63, 3.8) is 0 Å². The number of aliphatic hydroxyl groups excluding tert-OH is 1. The van der Waals surface area contributed by atoms with Gasteiger partial charge in [0.1, 0.15) is 23.2 Å². The molecule has 1 amide bonds. The molecule has 3 rings (SSSR count). The zero-order valence-corrected chi connectivity index (χ0v) is 14.7. The minimum atomic E-state index is -1.05. The summed E-state index contributed by atoms with van der Waals surface area (Å²) >= 11 is 0. The van der Waals surface area contributed by atoms with Crippen molar-refractivity contribution in [3.8, 4) is 6.07 Å². The third kappa shape index (κ3) is 3.74. The van der Waals surface area contributed by atoms with Crippen molar-refractivity contribution in [2.24, 2.45) is 0 Å². The van der Waals surface area contributed by atoms with Crippen LogP contribution in [0.15, 0.2) is 24.5 Å². The summed E-state index contributed by atoms with van der Waals surface area (Å²) in [6.45, 7) is 4.92. The molecule has 1 aromatic heterocycles. The molecule has 1 saturated heterocycles. The quantitative estimate of drug-likeness (QED) is 0.826. The molecule has 1 fully saturated rings. The fourth-order valence-corrected chi connectivity index (χ4v) is 3.10. The highest BCUT2D eigenvalue weighted by Crippen LogP contribution is 2.28. The molecule has 26 heavy (non-hydrogen) atoms. The van der Waals surface area contributed by atoms with Crippen LogP contribution in [0.4, 0.5) is 5.69 Å². The molecule has 0 aliphatic carbocycles. The first kappa shape index (κ1) is 18.0. The molecule has 136 valence electrons. The summed E-state index contributed by atoms with van der Waals surface area (Å²) in [5.74, 6) is -0.423. The fourth-order valence-electron chi connectivity index (χ4n) is 3.10. The Hall–Kier alpha value is -2.76. The van der Waals surface area contributed by atoms with E-state index in [0.29, 0.717) is 36.2 Å². The first-order valence-corrected chi connectivity index (χ1v) is 8.49. The number of fused-ring (bicyclic) bond motifs is 1. The number of carbonyl (C=O) groups is 1. The second-order valence-electron chi connectivity index (χ2n) is 6.39. The van der Waals surface area contributed by atoms with Gasteiger partial charge < -0.3 is 20.1 Å². The second-order valence-corrected chi connectivity index (χ2v) is 6.39. The molecule has 1 aliphatic rings. The van der Waals surface area contributed by atoms with E-state index in [1.807, 2.05) is 13.0 Å². The van der Waals surface area contributed by atoms with Gasteiger partial charge in [-0.2, -0.15) is 5.26 Å². The molecular weight excluding hydrogens is 334 g/mol. The summed E-state index contributed by atoms with van der Waals surface area (Å²) in [6.07, 6.45) is 1.87. The molecule has 0 saturated carbocycles. The normalized spacial score (nSPS) is 21.2. The van der Waals surface area contributed by atoms with Crippen LogP contribution in [0.1, 0.15) is 19.4 Å². The maximum atomic E-state index is 11.6. The number of nitrogens with zero attached hydrogens (tertiary/aromatic N) is 4. The lowest BCUT2D eigenvalue weighted by Crippen LogP contribution is -2.51. The number of amides is 1. The maximum Gasteiger partial charge on any atom is 0.248 e. The lowest BCUT2D eigenvalue weighted by atomic mass is 10.1. The van der Waals surface area contributed by atoms with Gasteiger partial charge in [-0.15, -0.1) is 0 Å². The molecule has 8 heteroatoms. The van der Waals surface area contributed by atoms with Crippen molar-refractivity contribution in [3.05, 3.63) is 30.1 Å². The summed E-state index contributed by atoms with van der Waals surface area (Å²) in [6, 6.07) is 5.76. The standard InChI is InChI=1S/C18H21N5O3/c1-11-9-23(10-14(26-11)8-22-18(25)12(2)24)15-4-3-13(7-19)16-17(15)21-6-5-20-16/h3-6,11-12,14,24H,8-10H2,1-2H3,(H,22,25)/t11-,12?,14+/m1/s1. The third-order valence-corrected chi connectivity index (χ3v) is 4.27. The van der Waals surface area contributed by atoms with Crippen molar-refractivity contribution in [1.82, 2.24) is 15.3 Å². The van der Waals surface area contributed by atoms with Gasteiger partial charge >= 0.3 is 0 Å². The zero-order chi connectivity index (χ0) is 18.7. The first-order chi connectivity index (χ1) is 12.5. The van der Waals surface area contributed by atoms with Crippen molar-refractivity contribution in [1.29, 1.82) is 5.26 Å². The topological polar surface area (TPSA) is 111 Å². The molecule has 0 spiro atoms. The van der Waals surface area contributed by atoms with Gasteiger partial charge in [0.15, 0.2) is 0 Å². The SMILES string of the molecule is CC(O)C(=O)NC[C@H]1CN(c2ccc(C#N)c3nccnc23)C[C@@H](C)O1. The van der Waals surface area contributed by atoms with Crippen LogP contribution in [0.25, 0.3) is 11.0 Å². The minimum Gasteiger partial charge on any atom is -0.384 e. The van der Waals surface area contributed by atoms with Crippen LogP contribution in [0.2, 0.25) is 0 Å². The van der Waals surface area contributed by atoms with Gasteiger partial charge in [-0.05, 0) is 26.0 Å². The van der Waals surface area contributed by atoms with Gasteiger partial charge in [-0.1, -0.05) is 0 Å². The lowest BCUT2D eigenvalue weighted by molar-refractivity contribution is -0.129. The van der Waals surface area contributed by atoms with Gasteiger partial charge in [0.2, 0.25) is 5.91 Å². The number of hydrogen-bond acceptors (Lipinski definition) is 7. The maximum absolute atomic E-state index is 11.6. The van der Waals surface area contributed by atoms with Gasteiger partial charge in [0, 0.05) is 32.0 Å². The van der Waals surface area contributed by atoms with E-state index in [1.165, 1.54) is 6.92 Å². The highest BCUT2D eigenvalue weighted by molar-refractivity contribution is 5.92. The van der Waals surface area contributed by atoms with E-state index < -0.39 is 12.0 Å². The Morgan fingerprint density at radius 3 is 2.85 bits per heavy atom. The number of nitrogens with one attached hydrogen (secondary N) is 1. The van der Waals surface area contributed by atoms with Crippen molar-refractivity contribution in [2.45, 2.75) is 32.2 Å². The number of benzene rings is 1. The number of ether oxygens (including phenoxy) is 1. The van der Waals surface area contributed by atoms with Crippen LogP contribution in [-0.4, -0.2) is 58.9 Å². The number of rotatable bonds is 4. The van der Waals surface area contributed by atoms with Gasteiger partial charge in [-0.25, -0.2) is 0 Å². The van der Waals surface area contributed by atoms with Gasteiger partial charge in [-0.3, -0.25) is 14.8 Å². The average molecular weight is 355 g/mol. The summed E-state index contributed by atoms with van der Waals surface area (Å²) in [5, 5.41) is 21.3. The number of carbonyl (C=O) groups excluding carboxylic acids is 1. The lowest BCUT2D eigenvalue weighted by Gasteiger charge is -2.38. The summed E-state index contributed by atoms with van der Waals surface area (Å²) in [4.78, 5) is 22.4. The number of aliphatic hydroxyl groups is 1. The number of nitriles is 1. The van der Waals surface area contributed by atoms with Crippen LogP contribution < -0.4 is 10.2 Å². The molecule has 1 unspecified atom stereocenters. The molecule has 3 atom stereocenters. The van der Waals surface area contributed by atoms with E-state index in [2.05, 4.69) is 26.3 Å². The summed E-state index contributed by atoms with van der Waals surface area (Å²) in [5.41, 5.74) is 2.62. The Bertz CT molecular complexity index is 848. The van der Waals surface area contributed by atoms with Gasteiger partial charge in [0.25, 0.3) is 0 Å². The van der Waals surface area contributed by atoms with Gasteiger partial charge in [0.05, 0.1) is 23.5 Å². The van der Waals surface area contributed by atoms with E-state index >= 15 is 0 Å². The van der Waals surface area contributed by atoms with E-state index in [-0.39, 0.29) is 12.2 Å². The summed E-state index contributed by atoms with van der Waals surface area (Å²) in [7, 11) is 0. The molecule has 2 N–H and O–H groups in total. The Labute approximate surface area is 151 Å². The van der Waals surface area contributed by atoms with E-state index in [0.717, 1.165) is 5.69 Å². The van der Waals surface area contributed by atoms with Crippen LogP contribution in [0.3, 0.4) is 0 Å². The number of morpholine rings is 1. The zero-order valence-electron chi connectivity index (χ0n) is 14.7. The predicted molar refractivity (Wildman–Crippen MR) is 95.5 cm³/mol.